The van der Waals surface area contributed by atoms with Gasteiger partial charge in [-0.3, -0.25) is 0 Å². The van der Waals surface area contributed by atoms with E-state index in [1.807, 2.05) is 17.5 Å². The summed E-state index contributed by atoms with van der Waals surface area (Å²) >= 11 is 1.58. The molecule has 0 saturated carbocycles. The molecule has 0 radical (unpaired) electrons. The lowest BCUT2D eigenvalue weighted by molar-refractivity contribution is 0.431. The standard InChI is InChI=1S/C10H6N2O2S/c1-2-8(15-5-1)9-11-10(14-12-9)7-3-4-13-6-7/h1-6H. The predicted molar refractivity (Wildman–Crippen MR) is 55.3 cm³/mol. The lowest BCUT2D eigenvalue weighted by Crippen LogP contribution is -1.74. The molecule has 0 atom stereocenters. The molecule has 3 aromatic rings. The van der Waals surface area contributed by atoms with E-state index in [0.29, 0.717) is 11.7 Å². The highest BCUT2D eigenvalue weighted by Gasteiger charge is 2.11. The van der Waals surface area contributed by atoms with E-state index in [2.05, 4.69) is 10.1 Å². The lowest BCUT2D eigenvalue weighted by atomic mass is 10.3. The van der Waals surface area contributed by atoms with Crippen LogP contribution in [0.1, 0.15) is 0 Å². The average molecular weight is 218 g/mol. The third kappa shape index (κ3) is 1.46. The fourth-order valence-corrected chi connectivity index (χ4v) is 1.88. The molecular formula is C10H6N2O2S. The van der Waals surface area contributed by atoms with Crippen LogP contribution in [0.2, 0.25) is 0 Å². The largest absolute Gasteiger partial charge is 0.472 e. The van der Waals surface area contributed by atoms with Gasteiger partial charge in [-0.15, -0.1) is 11.3 Å². The highest BCUT2D eigenvalue weighted by atomic mass is 32.1. The molecule has 3 aromatic heterocycles. The van der Waals surface area contributed by atoms with Crippen LogP contribution < -0.4 is 0 Å². The van der Waals surface area contributed by atoms with Crippen LogP contribution in [0.5, 0.6) is 0 Å². The monoisotopic (exact) mass is 218 g/mol. The summed E-state index contributed by atoms with van der Waals surface area (Å²) in [5.41, 5.74) is 0.797. The summed E-state index contributed by atoms with van der Waals surface area (Å²) in [5.74, 6) is 1.09. The zero-order chi connectivity index (χ0) is 10.1. The number of hydrogen-bond acceptors (Lipinski definition) is 5. The number of hydrogen-bond donors (Lipinski definition) is 0. The molecule has 0 bridgehead atoms. The Morgan fingerprint density at radius 1 is 1.27 bits per heavy atom. The van der Waals surface area contributed by atoms with Gasteiger partial charge in [-0.1, -0.05) is 11.2 Å². The van der Waals surface area contributed by atoms with Crippen molar-refractivity contribution in [1.29, 1.82) is 0 Å². The molecule has 0 aliphatic carbocycles. The molecule has 74 valence electrons. The maximum absolute atomic E-state index is 5.12. The van der Waals surface area contributed by atoms with Gasteiger partial charge in [-0.25, -0.2) is 0 Å². The van der Waals surface area contributed by atoms with Crippen LogP contribution in [0, 0.1) is 0 Å². The third-order valence-electron chi connectivity index (χ3n) is 1.94. The fourth-order valence-electron chi connectivity index (χ4n) is 1.23. The number of thiophene rings is 1. The van der Waals surface area contributed by atoms with E-state index in [-0.39, 0.29) is 0 Å². The number of furan rings is 1. The van der Waals surface area contributed by atoms with E-state index in [4.69, 9.17) is 8.94 Å². The summed E-state index contributed by atoms with van der Waals surface area (Å²) in [6.45, 7) is 0. The predicted octanol–water partition coefficient (Wildman–Crippen LogP) is 3.06. The minimum Gasteiger partial charge on any atom is -0.472 e. The Bertz CT molecular complexity index is 491. The summed E-state index contributed by atoms with van der Waals surface area (Å²) in [5, 5.41) is 5.87. The maximum atomic E-state index is 5.12. The second-order valence-corrected chi connectivity index (χ2v) is 3.86. The molecule has 0 amide bonds. The number of rotatable bonds is 2. The normalized spacial score (nSPS) is 10.7. The Kier molecular flexibility index (Phi) is 1.89. The van der Waals surface area contributed by atoms with Gasteiger partial charge in [0.2, 0.25) is 5.82 Å². The smallest absolute Gasteiger partial charge is 0.261 e. The first-order valence-corrected chi connectivity index (χ1v) is 5.21. The van der Waals surface area contributed by atoms with E-state index in [9.17, 15) is 0 Å². The fraction of sp³-hybridized carbons (Fsp3) is 0. The van der Waals surface area contributed by atoms with Crippen molar-refractivity contribution < 1.29 is 8.94 Å². The Morgan fingerprint density at radius 3 is 3.00 bits per heavy atom. The van der Waals surface area contributed by atoms with E-state index in [1.165, 1.54) is 0 Å². The van der Waals surface area contributed by atoms with Crippen molar-refractivity contribution in [2.45, 2.75) is 0 Å². The molecular weight excluding hydrogens is 212 g/mol. The van der Waals surface area contributed by atoms with Crippen molar-refractivity contribution in [3.63, 3.8) is 0 Å². The number of nitrogens with zero attached hydrogens (tertiary/aromatic N) is 2. The average Bonchev–Trinajstić information content (AvgIpc) is 3.02. The molecule has 0 aliphatic heterocycles. The van der Waals surface area contributed by atoms with E-state index >= 15 is 0 Å². The Labute approximate surface area is 89.2 Å². The van der Waals surface area contributed by atoms with Crippen molar-refractivity contribution in [1.82, 2.24) is 10.1 Å². The van der Waals surface area contributed by atoms with Crippen LogP contribution >= 0.6 is 11.3 Å². The molecule has 0 spiro atoms. The molecule has 3 rings (SSSR count). The van der Waals surface area contributed by atoms with Gasteiger partial charge < -0.3 is 8.94 Å². The second-order valence-electron chi connectivity index (χ2n) is 2.91. The summed E-state index contributed by atoms with van der Waals surface area (Å²) in [4.78, 5) is 5.26. The second kappa shape index (κ2) is 3.36. The lowest BCUT2D eigenvalue weighted by Gasteiger charge is -1.82. The van der Waals surface area contributed by atoms with Gasteiger partial charge in [-0.2, -0.15) is 4.98 Å². The van der Waals surface area contributed by atoms with Crippen molar-refractivity contribution in [3.05, 3.63) is 36.1 Å². The molecule has 5 heteroatoms. The molecule has 0 aromatic carbocycles. The van der Waals surface area contributed by atoms with E-state index in [1.54, 1.807) is 29.9 Å². The molecule has 15 heavy (non-hydrogen) atoms. The Balaban J connectivity index is 2.02. The van der Waals surface area contributed by atoms with Gasteiger partial charge in [0.15, 0.2) is 0 Å². The molecule has 0 fully saturated rings. The summed E-state index contributed by atoms with van der Waals surface area (Å²) in [6, 6.07) is 5.69. The zero-order valence-corrected chi connectivity index (χ0v) is 8.40. The quantitative estimate of drug-likeness (QED) is 0.663. The van der Waals surface area contributed by atoms with Crippen molar-refractivity contribution in [2.75, 3.05) is 0 Å². The first-order valence-electron chi connectivity index (χ1n) is 4.33. The highest BCUT2D eigenvalue weighted by Crippen LogP contribution is 2.25. The molecule has 0 aliphatic rings. The zero-order valence-electron chi connectivity index (χ0n) is 7.58. The van der Waals surface area contributed by atoms with Crippen LogP contribution in [0.4, 0.5) is 0 Å². The first kappa shape index (κ1) is 8.43. The van der Waals surface area contributed by atoms with Crippen LogP contribution in [0.3, 0.4) is 0 Å². The molecule has 0 unspecified atom stereocenters. The minimum atomic E-state index is 0.479. The van der Waals surface area contributed by atoms with E-state index in [0.717, 1.165) is 10.4 Å². The Hall–Kier alpha value is -1.88. The first-order chi connectivity index (χ1) is 7.43. The van der Waals surface area contributed by atoms with Gasteiger partial charge in [0.05, 0.1) is 16.7 Å². The molecule has 3 heterocycles. The topological polar surface area (TPSA) is 52.1 Å². The van der Waals surface area contributed by atoms with E-state index < -0.39 is 0 Å². The van der Waals surface area contributed by atoms with Crippen molar-refractivity contribution in [3.8, 4) is 22.2 Å². The third-order valence-corrected chi connectivity index (χ3v) is 2.80. The van der Waals surface area contributed by atoms with Crippen LogP contribution in [0.15, 0.2) is 45.0 Å². The SMILES string of the molecule is c1csc(-c2noc(-c3ccoc3)n2)c1. The van der Waals surface area contributed by atoms with Gasteiger partial charge in [0.1, 0.15) is 6.26 Å². The molecule has 0 N–H and O–H groups in total. The van der Waals surface area contributed by atoms with Crippen LogP contribution in [-0.4, -0.2) is 10.1 Å². The van der Waals surface area contributed by atoms with Gasteiger partial charge in [0, 0.05) is 0 Å². The minimum absolute atomic E-state index is 0.479. The van der Waals surface area contributed by atoms with Gasteiger partial charge in [-0.05, 0) is 17.5 Å². The van der Waals surface area contributed by atoms with Crippen LogP contribution in [-0.2, 0) is 0 Å². The summed E-state index contributed by atoms with van der Waals surface area (Å²) in [6.07, 6.45) is 3.15. The van der Waals surface area contributed by atoms with Gasteiger partial charge in [0.25, 0.3) is 5.89 Å². The molecule has 0 saturated heterocycles. The van der Waals surface area contributed by atoms with Gasteiger partial charge >= 0.3 is 0 Å². The highest BCUT2D eigenvalue weighted by molar-refractivity contribution is 7.13. The Morgan fingerprint density at radius 2 is 2.27 bits per heavy atom. The number of aromatic nitrogens is 2. The van der Waals surface area contributed by atoms with Crippen LogP contribution in [0.25, 0.3) is 22.2 Å². The summed E-state index contributed by atoms with van der Waals surface area (Å²) < 4.78 is 10.1. The summed E-state index contributed by atoms with van der Waals surface area (Å²) in [7, 11) is 0. The maximum Gasteiger partial charge on any atom is 0.261 e. The molecule has 4 nitrogen and oxygen atoms in total. The van der Waals surface area contributed by atoms with Crippen molar-refractivity contribution in [2.24, 2.45) is 0 Å². The van der Waals surface area contributed by atoms with Crippen molar-refractivity contribution >= 4 is 11.3 Å².